The molecule has 7 heteroatoms. The van der Waals surface area contributed by atoms with Gasteiger partial charge >= 0.3 is 6.09 Å². The lowest BCUT2D eigenvalue weighted by Crippen LogP contribution is -2.17. The van der Waals surface area contributed by atoms with Gasteiger partial charge in [0.1, 0.15) is 5.75 Å². The lowest BCUT2D eigenvalue weighted by atomic mass is 10.00. The molecule has 0 aliphatic rings. The number of aryl methyl sites for hydroxylation is 4. The predicted octanol–water partition coefficient (Wildman–Crippen LogP) is 6.44. The summed E-state index contributed by atoms with van der Waals surface area (Å²) in [6.07, 6.45) is 2.18. The second kappa shape index (κ2) is 10.5. The van der Waals surface area contributed by atoms with Crippen LogP contribution in [0.15, 0.2) is 54.7 Å². The van der Waals surface area contributed by atoms with Crippen LogP contribution in [0.4, 0.5) is 16.2 Å². The Morgan fingerprint density at radius 2 is 1.80 bits per heavy atom. The molecule has 7 nitrogen and oxygen atoms in total. The number of fused-ring (bicyclic) bond motifs is 1. The van der Waals surface area contributed by atoms with Crippen LogP contribution in [0.5, 0.6) is 11.5 Å². The van der Waals surface area contributed by atoms with Crippen LogP contribution >= 0.6 is 0 Å². The van der Waals surface area contributed by atoms with E-state index in [1.807, 2.05) is 31.2 Å². The Bertz CT molecular complexity index is 1340. The first-order chi connectivity index (χ1) is 16.9. The number of nitrogens with one attached hydrogen (secondary N) is 2. The van der Waals surface area contributed by atoms with Crippen molar-refractivity contribution in [2.24, 2.45) is 0 Å². The molecule has 0 radical (unpaired) electrons. The van der Waals surface area contributed by atoms with Gasteiger partial charge in [0.15, 0.2) is 11.4 Å². The minimum absolute atomic E-state index is 0.421. The van der Waals surface area contributed by atoms with Crippen molar-refractivity contribution in [3.05, 3.63) is 82.8 Å². The molecule has 1 amide bonds. The van der Waals surface area contributed by atoms with Crippen LogP contribution in [0, 0.1) is 20.8 Å². The summed E-state index contributed by atoms with van der Waals surface area (Å²) in [4.78, 5) is 17.4. The predicted molar refractivity (Wildman–Crippen MR) is 140 cm³/mol. The molecular formula is C28H32N4O3. The van der Waals surface area contributed by atoms with Gasteiger partial charge in [-0.3, -0.25) is 9.72 Å². The fourth-order valence-electron chi connectivity index (χ4n) is 4.11. The second-order valence-electron chi connectivity index (χ2n) is 8.46. The summed E-state index contributed by atoms with van der Waals surface area (Å²) in [5, 5.41) is 6.30. The number of hydrogen-bond acceptors (Lipinski definition) is 5. The van der Waals surface area contributed by atoms with Gasteiger partial charge in [-0.05, 0) is 75.1 Å². The topological polar surface area (TPSA) is 76.9 Å². The molecule has 4 rings (SSSR count). The molecule has 0 aliphatic heterocycles. The third-order valence-electron chi connectivity index (χ3n) is 6.14. The number of imidazole rings is 1. The molecule has 2 heterocycles. The quantitative estimate of drug-likeness (QED) is 0.308. The summed E-state index contributed by atoms with van der Waals surface area (Å²) in [5.74, 6) is 1.17. The molecule has 4 aromatic rings. The molecule has 0 saturated heterocycles. The van der Waals surface area contributed by atoms with Gasteiger partial charge in [-0.2, -0.15) is 0 Å². The Labute approximate surface area is 206 Å². The minimum atomic E-state index is -0.568. The second-order valence-corrected chi connectivity index (χ2v) is 8.46. The standard InChI is InChI=1S/C28H32N4O3/c1-6-21-10-8-9-18(3)25(21)16-29-26-15-24(17-32-20(5)19(4)30-27(26)32)35-28(33)31-22-11-13-23(14-12-22)34-7-2/h8-15,17,29H,6-7,16H2,1-5H3,(H,31,33). The Morgan fingerprint density at radius 1 is 1.03 bits per heavy atom. The number of hydrogen-bond donors (Lipinski definition) is 2. The lowest BCUT2D eigenvalue weighted by Gasteiger charge is -2.15. The van der Waals surface area contributed by atoms with Gasteiger partial charge in [-0.25, -0.2) is 9.78 Å². The van der Waals surface area contributed by atoms with E-state index in [4.69, 9.17) is 14.5 Å². The van der Waals surface area contributed by atoms with E-state index in [1.165, 1.54) is 16.7 Å². The van der Waals surface area contributed by atoms with E-state index in [2.05, 4.69) is 42.7 Å². The fraction of sp³-hybridized carbons (Fsp3) is 0.286. The smallest absolute Gasteiger partial charge is 0.417 e. The molecule has 0 fully saturated rings. The van der Waals surface area contributed by atoms with E-state index in [0.29, 0.717) is 24.6 Å². The molecule has 0 aliphatic carbocycles. The highest BCUT2D eigenvalue weighted by molar-refractivity contribution is 5.86. The first-order valence-corrected chi connectivity index (χ1v) is 11.9. The van der Waals surface area contributed by atoms with Crippen molar-refractivity contribution in [2.45, 2.75) is 47.6 Å². The van der Waals surface area contributed by atoms with Gasteiger partial charge in [-0.1, -0.05) is 25.1 Å². The third kappa shape index (κ3) is 5.40. The SMILES string of the molecule is CCOc1ccc(NC(=O)Oc2cc(NCc3c(C)cccc3CC)c3nc(C)c(C)n3c2)cc1. The molecule has 0 unspecified atom stereocenters. The van der Waals surface area contributed by atoms with Crippen molar-refractivity contribution in [3.63, 3.8) is 0 Å². The van der Waals surface area contributed by atoms with Crippen molar-refractivity contribution in [2.75, 3.05) is 17.2 Å². The monoisotopic (exact) mass is 472 g/mol. The van der Waals surface area contributed by atoms with Crippen LogP contribution in [0.2, 0.25) is 0 Å². The molecule has 0 atom stereocenters. The van der Waals surface area contributed by atoms with E-state index in [9.17, 15) is 4.79 Å². The minimum Gasteiger partial charge on any atom is -0.494 e. The van der Waals surface area contributed by atoms with Crippen LogP contribution in [0.1, 0.15) is 41.9 Å². The third-order valence-corrected chi connectivity index (χ3v) is 6.14. The first kappa shape index (κ1) is 24.1. The number of nitrogens with zero attached hydrogens (tertiary/aromatic N) is 2. The molecule has 0 saturated carbocycles. The Morgan fingerprint density at radius 3 is 2.51 bits per heavy atom. The number of amides is 1. The van der Waals surface area contributed by atoms with Crippen LogP contribution in [0.25, 0.3) is 5.65 Å². The lowest BCUT2D eigenvalue weighted by molar-refractivity contribution is 0.215. The zero-order valence-corrected chi connectivity index (χ0v) is 20.9. The van der Waals surface area contributed by atoms with E-state index in [0.717, 1.165) is 34.9 Å². The van der Waals surface area contributed by atoms with Crippen LogP contribution in [-0.4, -0.2) is 22.1 Å². The summed E-state index contributed by atoms with van der Waals surface area (Å²) in [5.41, 5.74) is 7.97. The average Bonchev–Trinajstić information content (AvgIpc) is 3.13. The van der Waals surface area contributed by atoms with Crippen LogP contribution < -0.4 is 20.1 Å². The maximum atomic E-state index is 12.6. The van der Waals surface area contributed by atoms with Crippen molar-refractivity contribution in [3.8, 4) is 11.5 Å². The normalized spacial score (nSPS) is 10.9. The number of pyridine rings is 1. The fourth-order valence-corrected chi connectivity index (χ4v) is 4.11. The van der Waals surface area contributed by atoms with Crippen molar-refractivity contribution in [1.82, 2.24) is 9.38 Å². The number of carbonyl (C=O) groups excluding carboxylic acids is 1. The zero-order chi connectivity index (χ0) is 24.9. The van der Waals surface area contributed by atoms with Crippen molar-refractivity contribution >= 4 is 23.1 Å². The Balaban J connectivity index is 1.57. The highest BCUT2D eigenvalue weighted by atomic mass is 16.6. The summed E-state index contributed by atoms with van der Waals surface area (Å²) in [6, 6.07) is 15.4. The molecule has 2 aromatic carbocycles. The van der Waals surface area contributed by atoms with E-state index >= 15 is 0 Å². The molecule has 182 valence electrons. The Hall–Kier alpha value is -4.00. The number of anilines is 2. The molecule has 35 heavy (non-hydrogen) atoms. The molecular weight excluding hydrogens is 440 g/mol. The summed E-state index contributed by atoms with van der Waals surface area (Å²) < 4.78 is 13.1. The number of ether oxygens (including phenoxy) is 2. The summed E-state index contributed by atoms with van der Waals surface area (Å²) in [6.45, 7) is 11.4. The van der Waals surface area contributed by atoms with Crippen LogP contribution in [0.3, 0.4) is 0 Å². The van der Waals surface area contributed by atoms with Crippen LogP contribution in [-0.2, 0) is 13.0 Å². The van der Waals surface area contributed by atoms with Gasteiger partial charge < -0.3 is 14.8 Å². The van der Waals surface area contributed by atoms with Gasteiger partial charge in [0, 0.05) is 24.0 Å². The van der Waals surface area contributed by atoms with Gasteiger partial charge in [0.2, 0.25) is 0 Å². The Kier molecular flexibility index (Phi) is 7.25. The van der Waals surface area contributed by atoms with Crippen molar-refractivity contribution in [1.29, 1.82) is 0 Å². The van der Waals surface area contributed by atoms with Gasteiger partial charge in [0.05, 0.1) is 24.2 Å². The van der Waals surface area contributed by atoms with E-state index in [1.54, 1.807) is 30.5 Å². The van der Waals surface area contributed by atoms with E-state index < -0.39 is 6.09 Å². The maximum Gasteiger partial charge on any atom is 0.417 e. The molecule has 0 spiro atoms. The van der Waals surface area contributed by atoms with Gasteiger partial charge in [0.25, 0.3) is 0 Å². The molecule has 2 aromatic heterocycles. The maximum absolute atomic E-state index is 12.6. The zero-order valence-electron chi connectivity index (χ0n) is 20.9. The summed E-state index contributed by atoms with van der Waals surface area (Å²) >= 11 is 0. The highest BCUT2D eigenvalue weighted by Crippen LogP contribution is 2.27. The van der Waals surface area contributed by atoms with Gasteiger partial charge in [-0.15, -0.1) is 0 Å². The number of aromatic nitrogens is 2. The number of benzene rings is 2. The average molecular weight is 473 g/mol. The van der Waals surface area contributed by atoms with E-state index in [-0.39, 0.29) is 0 Å². The van der Waals surface area contributed by atoms with Crippen molar-refractivity contribution < 1.29 is 14.3 Å². The largest absolute Gasteiger partial charge is 0.494 e. The number of rotatable bonds is 8. The first-order valence-electron chi connectivity index (χ1n) is 11.9. The number of carbonyl (C=O) groups is 1. The molecule has 0 bridgehead atoms. The molecule has 2 N–H and O–H groups in total. The summed E-state index contributed by atoms with van der Waals surface area (Å²) in [7, 11) is 0. The highest BCUT2D eigenvalue weighted by Gasteiger charge is 2.15.